The highest BCUT2D eigenvalue weighted by Gasteiger charge is 2.17. The van der Waals surface area contributed by atoms with Crippen molar-refractivity contribution in [3.05, 3.63) is 70.9 Å². The third-order valence-electron chi connectivity index (χ3n) is 4.70. The number of nitrogens with one attached hydrogen (secondary N) is 2. The maximum Gasteiger partial charge on any atom is 0.263 e. The Hall–Kier alpha value is -3.35. The molecule has 0 aliphatic heterocycles. The number of benzene rings is 2. The molecule has 0 heterocycles. The van der Waals surface area contributed by atoms with E-state index in [0.717, 1.165) is 16.7 Å². The molecule has 2 aromatic rings. The van der Waals surface area contributed by atoms with E-state index in [-0.39, 0.29) is 16.5 Å². The summed E-state index contributed by atoms with van der Waals surface area (Å²) in [6, 6.07) is 13.5. The highest BCUT2D eigenvalue weighted by atomic mass is 32.2. The van der Waals surface area contributed by atoms with Crippen molar-refractivity contribution in [3.8, 4) is 11.8 Å². The van der Waals surface area contributed by atoms with Gasteiger partial charge in [0.2, 0.25) is 10.0 Å². The Labute approximate surface area is 189 Å². The summed E-state index contributed by atoms with van der Waals surface area (Å²) in [7, 11) is -3.72. The maximum absolute atomic E-state index is 12.6. The van der Waals surface area contributed by atoms with Crippen molar-refractivity contribution in [2.75, 3.05) is 13.2 Å². The van der Waals surface area contributed by atoms with Crippen LogP contribution in [0.3, 0.4) is 0 Å². The lowest BCUT2D eigenvalue weighted by atomic mass is 10.0. The highest BCUT2D eigenvalue weighted by molar-refractivity contribution is 7.89. The number of carbonyl (C=O) groups excluding carboxylic acids is 1. The van der Waals surface area contributed by atoms with Gasteiger partial charge in [-0.05, 0) is 51.0 Å². The Balaban J connectivity index is 1.96. The smallest absolute Gasteiger partial charge is 0.263 e. The summed E-state index contributed by atoms with van der Waals surface area (Å²) >= 11 is 0. The van der Waals surface area contributed by atoms with Crippen LogP contribution in [0, 0.1) is 18.3 Å². The first kappa shape index (κ1) is 24.9. The van der Waals surface area contributed by atoms with Crippen LogP contribution in [0.4, 0.5) is 0 Å². The number of nitrogens with zero attached hydrogens (tertiary/aromatic N) is 1. The molecule has 1 atom stereocenters. The van der Waals surface area contributed by atoms with E-state index in [1.165, 1.54) is 18.3 Å². The number of carbonyl (C=O) groups is 1. The van der Waals surface area contributed by atoms with Crippen molar-refractivity contribution >= 4 is 15.9 Å². The predicted octanol–water partition coefficient (Wildman–Crippen LogP) is 2.46. The highest BCUT2D eigenvalue weighted by Crippen LogP contribution is 2.26. The first-order valence-electron chi connectivity index (χ1n) is 10.1. The summed E-state index contributed by atoms with van der Waals surface area (Å²) in [4.78, 5) is 12.6. The van der Waals surface area contributed by atoms with E-state index in [2.05, 4.69) is 10.6 Å². The number of nitriles is 1. The topological polar surface area (TPSA) is 134 Å². The van der Waals surface area contributed by atoms with Crippen molar-refractivity contribution in [1.29, 1.82) is 5.26 Å². The van der Waals surface area contributed by atoms with E-state index in [4.69, 9.17) is 9.88 Å². The van der Waals surface area contributed by atoms with Gasteiger partial charge in [-0.2, -0.15) is 5.26 Å². The van der Waals surface area contributed by atoms with Gasteiger partial charge in [0.25, 0.3) is 5.91 Å². The quantitative estimate of drug-likeness (QED) is 0.286. The standard InChI is InChI=1S/C23H28N4O4S/c1-4-31-22-10-5-16(2)13-21(22)17(3)27-23(28)19(14-24)15-26-12-11-18-6-8-20(9-7-18)32(25,29)30/h5-10,13,15,17,26H,4,11-12H2,1-3H3,(H,27,28)(H2,25,29,30)/b19-15-. The molecular formula is C23H28N4O4S. The molecule has 0 aliphatic carbocycles. The summed E-state index contributed by atoms with van der Waals surface area (Å²) < 4.78 is 28.2. The summed E-state index contributed by atoms with van der Waals surface area (Å²) in [5.41, 5.74) is 2.72. The van der Waals surface area contributed by atoms with E-state index in [0.29, 0.717) is 25.3 Å². The van der Waals surface area contributed by atoms with Gasteiger partial charge >= 0.3 is 0 Å². The minimum atomic E-state index is -3.72. The van der Waals surface area contributed by atoms with Crippen LogP contribution in [0.15, 0.2) is 59.1 Å². The SMILES string of the molecule is CCOc1ccc(C)cc1C(C)NC(=O)/C(C#N)=C\NCCc1ccc(S(N)(=O)=O)cc1. The molecule has 4 N–H and O–H groups in total. The fraction of sp³-hybridized carbons (Fsp3) is 0.304. The van der Waals surface area contributed by atoms with Gasteiger partial charge in [0.15, 0.2) is 0 Å². The zero-order chi connectivity index (χ0) is 23.7. The van der Waals surface area contributed by atoms with Crippen LogP contribution in [0.2, 0.25) is 0 Å². The summed E-state index contributed by atoms with van der Waals surface area (Å²) in [6.45, 7) is 6.65. The number of hydrogen-bond acceptors (Lipinski definition) is 6. The van der Waals surface area contributed by atoms with Crippen LogP contribution in [-0.2, 0) is 21.2 Å². The first-order chi connectivity index (χ1) is 15.2. The van der Waals surface area contributed by atoms with Crippen LogP contribution in [-0.4, -0.2) is 27.5 Å². The van der Waals surface area contributed by atoms with Gasteiger partial charge in [-0.15, -0.1) is 0 Å². The molecule has 1 amide bonds. The van der Waals surface area contributed by atoms with Gasteiger partial charge in [0.05, 0.1) is 17.5 Å². The van der Waals surface area contributed by atoms with Crippen LogP contribution >= 0.6 is 0 Å². The minimum Gasteiger partial charge on any atom is -0.494 e. The zero-order valence-electron chi connectivity index (χ0n) is 18.4. The van der Waals surface area contributed by atoms with E-state index in [1.54, 1.807) is 12.1 Å². The van der Waals surface area contributed by atoms with E-state index in [1.807, 2.05) is 45.0 Å². The molecule has 0 aromatic heterocycles. The molecule has 32 heavy (non-hydrogen) atoms. The molecule has 2 aromatic carbocycles. The van der Waals surface area contributed by atoms with Crippen LogP contribution in [0.25, 0.3) is 0 Å². The number of nitrogens with two attached hydrogens (primary N) is 1. The molecule has 0 saturated heterocycles. The Morgan fingerprint density at radius 1 is 1.25 bits per heavy atom. The molecule has 170 valence electrons. The number of rotatable bonds is 10. The van der Waals surface area contributed by atoms with Gasteiger partial charge < -0.3 is 15.4 Å². The van der Waals surface area contributed by atoms with Gasteiger partial charge in [0.1, 0.15) is 17.4 Å². The molecule has 1 unspecified atom stereocenters. The third-order valence-corrected chi connectivity index (χ3v) is 5.63. The van der Waals surface area contributed by atoms with E-state index < -0.39 is 15.9 Å². The third kappa shape index (κ3) is 7.11. The summed E-state index contributed by atoms with van der Waals surface area (Å²) in [6.07, 6.45) is 1.94. The Bertz CT molecular complexity index is 1120. The first-order valence-corrected chi connectivity index (χ1v) is 11.7. The Morgan fingerprint density at radius 2 is 1.94 bits per heavy atom. The summed E-state index contributed by atoms with van der Waals surface area (Å²) in [5, 5.41) is 20.2. The molecule has 0 spiro atoms. The molecule has 0 saturated carbocycles. The van der Waals surface area contributed by atoms with Gasteiger partial charge in [-0.3, -0.25) is 4.79 Å². The van der Waals surface area contributed by atoms with Crippen molar-refractivity contribution in [2.24, 2.45) is 5.14 Å². The molecule has 0 radical (unpaired) electrons. The lowest BCUT2D eigenvalue weighted by Gasteiger charge is -2.18. The second-order valence-electron chi connectivity index (χ2n) is 7.23. The van der Waals surface area contributed by atoms with Crippen molar-refractivity contribution in [3.63, 3.8) is 0 Å². The molecule has 2 rings (SSSR count). The summed E-state index contributed by atoms with van der Waals surface area (Å²) in [5.74, 6) is 0.203. The molecule has 9 heteroatoms. The van der Waals surface area contributed by atoms with E-state index in [9.17, 15) is 18.5 Å². The van der Waals surface area contributed by atoms with Crippen LogP contribution in [0.5, 0.6) is 5.75 Å². The zero-order valence-corrected chi connectivity index (χ0v) is 19.2. The monoisotopic (exact) mass is 456 g/mol. The molecule has 0 fully saturated rings. The average Bonchev–Trinajstić information content (AvgIpc) is 2.74. The van der Waals surface area contributed by atoms with Gasteiger partial charge in [-0.1, -0.05) is 29.8 Å². The normalized spacial score (nSPS) is 12.5. The lowest BCUT2D eigenvalue weighted by Crippen LogP contribution is -2.29. The molecule has 8 nitrogen and oxygen atoms in total. The van der Waals surface area contributed by atoms with Gasteiger partial charge in [0, 0.05) is 18.3 Å². The van der Waals surface area contributed by atoms with Crippen LogP contribution in [0.1, 0.15) is 36.6 Å². The Morgan fingerprint density at radius 3 is 2.53 bits per heavy atom. The maximum atomic E-state index is 12.6. The number of primary sulfonamides is 1. The van der Waals surface area contributed by atoms with Crippen molar-refractivity contribution in [2.45, 2.75) is 38.1 Å². The number of amides is 1. The molecular weight excluding hydrogens is 428 g/mol. The second kappa shape index (κ2) is 11.3. The fourth-order valence-electron chi connectivity index (χ4n) is 3.03. The van der Waals surface area contributed by atoms with E-state index >= 15 is 0 Å². The second-order valence-corrected chi connectivity index (χ2v) is 8.79. The van der Waals surface area contributed by atoms with Crippen LogP contribution < -0.4 is 20.5 Å². The predicted molar refractivity (Wildman–Crippen MR) is 122 cm³/mol. The largest absolute Gasteiger partial charge is 0.494 e. The lowest BCUT2D eigenvalue weighted by molar-refractivity contribution is -0.117. The minimum absolute atomic E-state index is 0.0489. The van der Waals surface area contributed by atoms with Crippen molar-refractivity contribution in [1.82, 2.24) is 10.6 Å². The fourth-order valence-corrected chi connectivity index (χ4v) is 3.55. The average molecular weight is 457 g/mol. The Kier molecular flexibility index (Phi) is 8.81. The van der Waals surface area contributed by atoms with Crippen molar-refractivity contribution < 1.29 is 17.9 Å². The molecule has 0 aliphatic rings. The molecule has 0 bridgehead atoms. The number of aryl methyl sites for hydroxylation is 1. The number of ether oxygens (including phenoxy) is 1. The van der Waals surface area contributed by atoms with Gasteiger partial charge in [-0.25, -0.2) is 13.6 Å². The number of sulfonamides is 1. The number of hydrogen-bond donors (Lipinski definition) is 3.